The Balaban J connectivity index is 0.000001000. The summed E-state index contributed by atoms with van der Waals surface area (Å²) in [7, 11) is 1.46. The fourth-order valence-corrected chi connectivity index (χ4v) is 1.53. The van der Waals surface area contributed by atoms with Gasteiger partial charge in [-0.15, -0.1) is 0 Å². The van der Waals surface area contributed by atoms with Crippen LogP contribution in [0.5, 0.6) is 0 Å². The van der Waals surface area contributed by atoms with Crippen molar-refractivity contribution in [2.45, 2.75) is 32.1 Å². The predicted molar refractivity (Wildman–Crippen MR) is 45.0 cm³/mol. The first-order chi connectivity index (χ1) is 4.83. The molecule has 1 aliphatic rings. The van der Waals surface area contributed by atoms with Crippen LogP contribution in [0.25, 0.3) is 0 Å². The number of hydrogen-bond acceptors (Lipinski definition) is 2. The molecule has 1 saturated carbocycles. The highest BCUT2D eigenvalue weighted by Crippen LogP contribution is 2.27. The predicted octanol–water partition coefficient (Wildman–Crippen LogP) is 2.19. The van der Waals surface area contributed by atoms with Gasteiger partial charge in [0.15, 0.2) is 0 Å². The monoisotopic (exact) mass is 157 g/mol. The standard InChI is InChI=1S/C8H14O2.CH3/c1-10-8(9)6-7-4-2-3-5-7;/h7H,2-6H2,1H3;1H3. The van der Waals surface area contributed by atoms with Crippen LogP contribution in [0.3, 0.4) is 0 Å². The highest BCUT2D eigenvalue weighted by Gasteiger charge is 2.18. The molecule has 0 atom stereocenters. The topological polar surface area (TPSA) is 26.3 Å². The smallest absolute Gasteiger partial charge is 0.305 e. The molecule has 2 heteroatoms. The molecule has 0 amide bonds. The molecular weight excluding hydrogens is 140 g/mol. The molecule has 65 valence electrons. The molecule has 0 N–H and O–H groups in total. The van der Waals surface area contributed by atoms with Gasteiger partial charge in [-0.25, -0.2) is 0 Å². The van der Waals surface area contributed by atoms with Gasteiger partial charge < -0.3 is 4.74 Å². The van der Waals surface area contributed by atoms with Crippen molar-refractivity contribution in [3.8, 4) is 0 Å². The Kier molecular flexibility index (Phi) is 4.92. The van der Waals surface area contributed by atoms with E-state index in [1.165, 1.54) is 32.8 Å². The van der Waals surface area contributed by atoms with Crippen molar-refractivity contribution in [1.82, 2.24) is 0 Å². The number of ether oxygens (including phenoxy) is 1. The first-order valence-electron chi connectivity index (χ1n) is 3.89. The normalized spacial score (nSPS) is 17.5. The maximum absolute atomic E-state index is 10.7. The lowest BCUT2D eigenvalue weighted by Gasteiger charge is -2.04. The van der Waals surface area contributed by atoms with Crippen molar-refractivity contribution < 1.29 is 9.53 Å². The van der Waals surface area contributed by atoms with E-state index in [-0.39, 0.29) is 13.4 Å². The summed E-state index contributed by atoms with van der Waals surface area (Å²) >= 11 is 0. The van der Waals surface area contributed by atoms with E-state index >= 15 is 0 Å². The average Bonchev–Trinajstić information content (AvgIpc) is 2.40. The van der Waals surface area contributed by atoms with Crippen LogP contribution in [-0.2, 0) is 9.53 Å². The summed E-state index contributed by atoms with van der Waals surface area (Å²) < 4.78 is 4.57. The van der Waals surface area contributed by atoms with E-state index < -0.39 is 0 Å². The minimum Gasteiger partial charge on any atom is -0.469 e. The molecule has 1 rings (SSSR count). The maximum Gasteiger partial charge on any atom is 0.305 e. The van der Waals surface area contributed by atoms with Crippen molar-refractivity contribution >= 4 is 5.97 Å². The number of carbonyl (C=O) groups is 1. The zero-order valence-electron chi connectivity index (χ0n) is 7.43. The van der Waals surface area contributed by atoms with Crippen LogP contribution in [0.15, 0.2) is 0 Å². The third kappa shape index (κ3) is 3.40. The molecule has 0 aromatic heterocycles. The van der Waals surface area contributed by atoms with Gasteiger partial charge in [-0.05, 0) is 18.8 Å². The molecule has 0 spiro atoms. The summed E-state index contributed by atoms with van der Waals surface area (Å²) in [5.74, 6) is 0.569. The summed E-state index contributed by atoms with van der Waals surface area (Å²) in [6.07, 6.45) is 5.66. The van der Waals surface area contributed by atoms with E-state index in [1.807, 2.05) is 0 Å². The molecule has 0 aromatic carbocycles. The fourth-order valence-electron chi connectivity index (χ4n) is 1.53. The Labute approximate surface area is 68.9 Å². The molecule has 0 aromatic rings. The molecule has 1 fully saturated rings. The summed E-state index contributed by atoms with van der Waals surface area (Å²) in [6, 6.07) is 0. The molecule has 2 nitrogen and oxygen atoms in total. The largest absolute Gasteiger partial charge is 0.469 e. The number of hydrogen-bond donors (Lipinski definition) is 0. The van der Waals surface area contributed by atoms with Crippen LogP contribution in [0.4, 0.5) is 0 Å². The lowest BCUT2D eigenvalue weighted by Crippen LogP contribution is -2.06. The first kappa shape index (κ1) is 10.5. The van der Waals surface area contributed by atoms with Gasteiger partial charge >= 0.3 is 5.97 Å². The summed E-state index contributed by atoms with van der Waals surface area (Å²) in [4.78, 5) is 10.7. The second-order valence-electron chi connectivity index (χ2n) is 2.93. The first-order valence-corrected chi connectivity index (χ1v) is 3.89. The van der Waals surface area contributed by atoms with Crippen LogP contribution in [0.2, 0.25) is 0 Å². The van der Waals surface area contributed by atoms with E-state index in [0.29, 0.717) is 12.3 Å². The highest BCUT2D eigenvalue weighted by atomic mass is 16.5. The van der Waals surface area contributed by atoms with Gasteiger partial charge in [0.1, 0.15) is 0 Å². The van der Waals surface area contributed by atoms with Gasteiger partial charge in [0, 0.05) is 6.42 Å². The molecule has 0 saturated heterocycles. The minimum absolute atomic E-state index is 0. The maximum atomic E-state index is 10.7. The van der Waals surface area contributed by atoms with Gasteiger partial charge in [-0.2, -0.15) is 0 Å². The summed E-state index contributed by atoms with van der Waals surface area (Å²) in [5, 5.41) is 0. The third-order valence-electron chi connectivity index (χ3n) is 2.16. The Morgan fingerprint density at radius 2 is 2.00 bits per heavy atom. The van der Waals surface area contributed by atoms with Gasteiger partial charge in [0.05, 0.1) is 7.11 Å². The van der Waals surface area contributed by atoms with E-state index in [0.717, 1.165) is 0 Å². The van der Waals surface area contributed by atoms with E-state index in [1.54, 1.807) is 0 Å². The summed E-state index contributed by atoms with van der Waals surface area (Å²) in [6.45, 7) is 0. The van der Waals surface area contributed by atoms with Crippen LogP contribution in [0, 0.1) is 13.3 Å². The number of esters is 1. The third-order valence-corrected chi connectivity index (χ3v) is 2.16. The van der Waals surface area contributed by atoms with Crippen LogP contribution in [-0.4, -0.2) is 13.1 Å². The molecule has 1 radical (unpaired) electrons. The van der Waals surface area contributed by atoms with Crippen LogP contribution in [0.1, 0.15) is 32.1 Å². The number of methoxy groups -OCH3 is 1. The van der Waals surface area contributed by atoms with E-state index in [9.17, 15) is 4.79 Å². The van der Waals surface area contributed by atoms with Crippen LogP contribution >= 0.6 is 0 Å². The second kappa shape index (κ2) is 5.16. The Hall–Kier alpha value is -0.530. The average molecular weight is 157 g/mol. The summed E-state index contributed by atoms with van der Waals surface area (Å²) in [5.41, 5.74) is 0. The molecule has 0 aliphatic heterocycles. The van der Waals surface area contributed by atoms with Crippen molar-refractivity contribution in [1.29, 1.82) is 0 Å². The SMILES string of the molecule is COC(=O)CC1CCCC1.[CH3]. The molecule has 0 heterocycles. The Morgan fingerprint density at radius 3 is 2.45 bits per heavy atom. The van der Waals surface area contributed by atoms with Crippen molar-refractivity contribution in [2.24, 2.45) is 5.92 Å². The Morgan fingerprint density at radius 1 is 1.45 bits per heavy atom. The minimum atomic E-state index is -0.0492. The van der Waals surface area contributed by atoms with Gasteiger partial charge in [0.2, 0.25) is 0 Å². The fraction of sp³-hybridized carbons (Fsp3) is 0.778. The molecule has 11 heavy (non-hydrogen) atoms. The zero-order valence-corrected chi connectivity index (χ0v) is 7.43. The molecule has 0 bridgehead atoms. The highest BCUT2D eigenvalue weighted by molar-refractivity contribution is 5.69. The lowest BCUT2D eigenvalue weighted by molar-refractivity contribution is -0.141. The second-order valence-corrected chi connectivity index (χ2v) is 2.93. The van der Waals surface area contributed by atoms with Crippen molar-refractivity contribution in [2.75, 3.05) is 7.11 Å². The van der Waals surface area contributed by atoms with Crippen LogP contribution < -0.4 is 0 Å². The molecular formula is C9H17O2. The zero-order chi connectivity index (χ0) is 7.40. The van der Waals surface area contributed by atoms with Gasteiger partial charge in [-0.3, -0.25) is 4.79 Å². The molecule has 1 aliphatic carbocycles. The number of rotatable bonds is 2. The van der Waals surface area contributed by atoms with Crippen molar-refractivity contribution in [3.63, 3.8) is 0 Å². The van der Waals surface area contributed by atoms with E-state index in [2.05, 4.69) is 4.74 Å². The van der Waals surface area contributed by atoms with Gasteiger partial charge in [0.25, 0.3) is 0 Å². The van der Waals surface area contributed by atoms with Gasteiger partial charge in [-0.1, -0.05) is 20.3 Å². The van der Waals surface area contributed by atoms with E-state index in [4.69, 9.17) is 0 Å². The lowest BCUT2D eigenvalue weighted by atomic mass is 10.1. The Bertz CT molecular complexity index is 115. The van der Waals surface area contributed by atoms with Crippen molar-refractivity contribution in [3.05, 3.63) is 7.43 Å². The quantitative estimate of drug-likeness (QED) is 0.574. The molecule has 0 unspecified atom stereocenters. The number of carbonyl (C=O) groups excluding carboxylic acids is 1.